The van der Waals surface area contributed by atoms with Crippen molar-refractivity contribution in [2.75, 3.05) is 26.1 Å². The Balaban J connectivity index is 2.29. The predicted molar refractivity (Wildman–Crippen MR) is 58.6 cm³/mol. The van der Waals surface area contributed by atoms with Crippen LogP contribution in [0, 0.1) is 0 Å². The first-order valence-corrected chi connectivity index (χ1v) is 4.88. The van der Waals surface area contributed by atoms with E-state index in [-0.39, 0.29) is 0 Å². The highest BCUT2D eigenvalue weighted by atomic mass is 16.5. The van der Waals surface area contributed by atoms with Crippen LogP contribution in [0.1, 0.15) is 12.0 Å². The lowest BCUT2D eigenvalue weighted by atomic mass is 10.0. The smallest absolute Gasteiger partial charge is 0.236 e. The van der Waals surface area contributed by atoms with Crippen molar-refractivity contribution in [3.63, 3.8) is 0 Å². The molecule has 0 atom stereocenters. The molecule has 2 heterocycles. The van der Waals surface area contributed by atoms with Crippen LogP contribution in [0.25, 0.3) is 5.57 Å². The number of rotatable bonds is 2. The van der Waals surface area contributed by atoms with Gasteiger partial charge in [-0.3, -0.25) is 0 Å². The minimum Gasteiger partial charge on any atom is -0.480 e. The fourth-order valence-corrected chi connectivity index (χ4v) is 1.60. The maximum absolute atomic E-state index is 5.79. The van der Waals surface area contributed by atoms with Gasteiger partial charge in [-0.2, -0.15) is 0 Å². The number of nitrogens with zero attached hydrogens (tertiary/aromatic N) is 1. The van der Waals surface area contributed by atoms with Gasteiger partial charge in [0.15, 0.2) is 0 Å². The molecular weight excluding hydrogens is 192 g/mol. The van der Waals surface area contributed by atoms with E-state index >= 15 is 0 Å². The van der Waals surface area contributed by atoms with E-state index in [1.54, 1.807) is 13.3 Å². The second kappa shape index (κ2) is 4.31. The Morgan fingerprint density at radius 2 is 2.40 bits per heavy atom. The zero-order chi connectivity index (χ0) is 10.7. The molecule has 0 radical (unpaired) electrons. The van der Waals surface area contributed by atoms with Crippen molar-refractivity contribution < 1.29 is 9.47 Å². The zero-order valence-corrected chi connectivity index (χ0v) is 8.69. The van der Waals surface area contributed by atoms with Crippen LogP contribution in [0.5, 0.6) is 5.88 Å². The molecule has 0 aliphatic carbocycles. The molecule has 0 amide bonds. The Morgan fingerprint density at radius 3 is 3.00 bits per heavy atom. The fourth-order valence-electron chi connectivity index (χ4n) is 1.60. The second-order valence-electron chi connectivity index (χ2n) is 3.38. The first-order valence-electron chi connectivity index (χ1n) is 4.88. The summed E-state index contributed by atoms with van der Waals surface area (Å²) in [5.74, 6) is 0.478. The van der Waals surface area contributed by atoms with E-state index in [1.165, 1.54) is 5.57 Å². The number of hydrogen-bond donors (Lipinski definition) is 1. The lowest BCUT2D eigenvalue weighted by Gasteiger charge is -2.14. The van der Waals surface area contributed by atoms with Gasteiger partial charge in [-0.1, -0.05) is 6.08 Å². The number of anilines is 1. The first kappa shape index (κ1) is 9.98. The van der Waals surface area contributed by atoms with E-state index in [2.05, 4.69) is 11.1 Å². The minimum atomic E-state index is 0.478. The summed E-state index contributed by atoms with van der Waals surface area (Å²) in [6.45, 7) is 1.43. The van der Waals surface area contributed by atoms with E-state index in [1.807, 2.05) is 6.07 Å². The first-order chi connectivity index (χ1) is 7.31. The summed E-state index contributed by atoms with van der Waals surface area (Å²) in [5.41, 5.74) is 8.66. The van der Waals surface area contributed by atoms with Crippen LogP contribution in [-0.4, -0.2) is 25.3 Å². The van der Waals surface area contributed by atoms with Crippen molar-refractivity contribution in [1.82, 2.24) is 4.98 Å². The average Bonchev–Trinajstić information content (AvgIpc) is 2.30. The second-order valence-corrected chi connectivity index (χ2v) is 3.38. The van der Waals surface area contributed by atoms with Crippen LogP contribution < -0.4 is 10.5 Å². The van der Waals surface area contributed by atoms with Crippen molar-refractivity contribution in [3.8, 4) is 5.88 Å². The molecule has 0 fully saturated rings. The molecule has 0 aromatic carbocycles. The van der Waals surface area contributed by atoms with Gasteiger partial charge >= 0.3 is 0 Å². The Morgan fingerprint density at radius 1 is 1.53 bits per heavy atom. The maximum Gasteiger partial charge on any atom is 0.236 e. The van der Waals surface area contributed by atoms with Crippen LogP contribution in [0.3, 0.4) is 0 Å². The van der Waals surface area contributed by atoms with Crippen LogP contribution in [0.4, 0.5) is 5.69 Å². The van der Waals surface area contributed by atoms with Gasteiger partial charge in [-0.25, -0.2) is 4.98 Å². The van der Waals surface area contributed by atoms with Crippen molar-refractivity contribution in [2.24, 2.45) is 0 Å². The molecule has 1 aromatic heterocycles. The van der Waals surface area contributed by atoms with E-state index in [0.29, 0.717) is 18.2 Å². The molecule has 1 aliphatic rings. The quantitative estimate of drug-likeness (QED) is 0.796. The summed E-state index contributed by atoms with van der Waals surface area (Å²) in [4.78, 5) is 4.14. The molecular formula is C11H14N2O2. The average molecular weight is 206 g/mol. The molecule has 0 spiro atoms. The third kappa shape index (κ3) is 2.10. The van der Waals surface area contributed by atoms with Gasteiger partial charge < -0.3 is 15.2 Å². The van der Waals surface area contributed by atoms with Gasteiger partial charge in [0.2, 0.25) is 5.88 Å². The number of ether oxygens (including phenoxy) is 2. The van der Waals surface area contributed by atoms with Crippen LogP contribution in [0.15, 0.2) is 18.3 Å². The maximum atomic E-state index is 5.79. The van der Waals surface area contributed by atoms with Crippen molar-refractivity contribution in [3.05, 3.63) is 23.9 Å². The lowest BCUT2D eigenvalue weighted by Crippen LogP contribution is -2.05. The van der Waals surface area contributed by atoms with Crippen LogP contribution in [0.2, 0.25) is 0 Å². The minimum absolute atomic E-state index is 0.478. The van der Waals surface area contributed by atoms with Crippen LogP contribution in [-0.2, 0) is 4.74 Å². The summed E-state index contributed by atoms with van der Waals surface area (Å²) < 4.78 is 10.3. The molecule has 0 unspecified atom stereocenters. The Kier molecular flexibility index (Phi) is 2.87. The van der Waals surface area contributed by atoms with Gasteiger partial charge in [0, 0.05) is 6.20 Å². The summed E-state index contributed by atoms with van der Waals surface area (Å²) in [5, 5.41) is 0. The number of aromatic nitrogens is 1. The summed E-state index contributed by atoms with van der Waals surface area (Å²) in [7, 11) is 1.56. The SMILES string of the molecule is COc1ncc(C2=CCOCC2)cc1N. The van der Waals surface area contributed by atoms with E-state index in [0.717, 1.165) is 18.6 Å². The normalized spacial score (nSPS) is 15.9. The largest absolute Gasteiger partial charge is 0.480 e. The molecule has 80 valence electrons. The molecule has 0 bridgehead atoms. The summed E-state index contributed by atoms with van der Waals surface area (Å²) in [6, 6.07) is 1.89. The molecule has 15 heavy (non-hydrogen) atoms. The summed E-state index contributed by atoms with van der Waals surface area (Å²) in [6.07, 6.45) is 4.76. The van der Waals surface area contributed by atoms with E-state index in [9.17, 15) is 0 Å². The Bertz CT molecular complexity index is 388. The van der Waals surface area contributed by atoms with E-state index < -0.39 is 0 Å². The third-order valence-electron chi connectivity index (χ3n) is 2.41. The number of methoxy groups -OCH3 is 1. The molecule has 2 N–H and O–H groups in total. The number of pyridine rings is 1. The zero-order valence-electron chi connectivity index (χ0n) is 8.69. The summed E-state index contributed by atoms with van der Waals surface area (Å²) >= 11 is 0. The molecule has 4 heteroatoms. The van der Waals surface area contributed by atoms with Crippen LogP contribution >= 0.6 is 0 Å². The van der Waals surface area contributed by atoms with Crippen molar-refractivity contribution >= 4 is 11.3 Å². The van der Waals surface area contributed by atoms with Gasteiger partial charge in [0.1, 0.15) is 0 Å². The Labute approximate surface area is 88.7 Å². The molecule has 1 aliphatic heterocycles. The number of hydrogen-bond acceptors (Lipinski definition) is 4. The third-order valence-corrected chi connectivity index (χ3v) is 2.41. The van der Waals surface area contributed by atoms with Crippen molar-refractivity contribution in [1.29, 1.82) is 0 Å². The highest BCUT2D eigenvalue weighted by Crippen LogP contribution is 2.25. The molecule has 2 rings (SSSR count). The number of nitrogen functional groups attached to an aromatic ring is 1. The molecule has 0 saturated carbocycles. The van der Waals surface area contributed by atoms with Gasteiger partial charge in [0.05, 0.1) is 26.0 Å². The molecule has 0 saturated heterocycles. The molecule has 4 nitrogen and oxygen atoms in total. The topological polar surface area (TPSA) is 57.4 Å². The highest BCUT2D eigenvalue weighted by Gasteiger charge is 2.09. The van der Waals surface area contributed by atoms with Gasteiger partial charge in [-0.05, 0) is 23.6 Å². The molecule has 1 aromatic rings. The fraction of sp³-hybridized carbons (Fsp3) is 0.364. The highest BCUT2D eigenvalue weighted by molar-refractivity contribution is 5.69. The Hall–Kier alpha value is -1.55. The van der Waals surface area contributed by atoms with E-state index in [4.69, 9.17) is 15.2 Å². The predicted octanol–water partition coefficient (Wildman–Crippen LogP) is 1.48. The van der Waals surface area contributed by atoms with Gasteiger partial charge in [-0.15, -0.1) is 0 Å². The van der Waals surface area contributed by atoms with Gasteiger partial charge in [0.25, 0.3) is 0 Å². The lowest BCUT2D eigenvalue weighted by molar-refractivity contribution is 0.161. The number of nitrogens with two attached hydrogens (primary N) is 1. The standard InChI is InChI=1S/C11H14N2O2/c1-14-11-10(12)6-9(7-13-11)8-2-4-15-5-3-8/h2,6-7H,3-5,12H2,1H3. The van der Waals surface area contributed by atoms with Crippen molar-refractivity contribution in [2.45, 2.75) is 6.42 Å². The monoisotopic (exact) mass is 206 g/mol.